The van der Waals surface area contributed by atoms with Crippen LogP contribution in [0.5, 0.6) is 23.0 Å². The lowest BCUT2D eigenvalue weighted by molar-refractivity contribution is 0.101. The van der Waals surface area contributed by atoms with Gasteiger partial charge in [0.05, 0.1) is 11.1 Å². The van der Waals surface area contributed by atoms with Crippen LogP contribution in [0.25, 0.3) is 0 Å². The van der Waals surface area contributed by atoms with E-state index >= 15 is 0 Å². The van der Waals surface area contributed by atoms with E-state index in [9.17, 15) is 46.9 Å². The van der Waals surface area contributed by atoms with Gasteiger partial charge < -0.3 is 31.1 Å². The molecule has 3 aromatic carbocycles. The third-order valence-electron chi connectivity index (χ3n) is 4.59. The van der Waals surface area contributed by atoms with Gasteiger partial charge in [0, 0.05) is 23.5 Å². The Labute approximate surface area is 202 Å². The first-order valence-electron chi connectivity index (χ1n) is 9.37. The zero-order valence-corrected chi connectivity index (χ0v) is 19.2. The lowest BCUT2D eigenvalue weighted by atomic mass is 10.1. The first-order valence-corrected chi connectivity index (χ1v) is 12.3. The maximum Gasteiger partial charge on any atom is 0.298 e. The van der Waals surface area contributed by atoms with E-state index in [-0.39, 0.29) is 11.4 Å². The minimum atomic E-state index is -4.72. The highest BCUT2D eigenvalue weighted by Crippen LogP contribution is 2.31. The average Bonchev–Trinajstić information content (AvgIpc) is 2.73. The Morgan fingerprint density at radius 3 is 1.17 bits per heavy atom. The van der Waals surface area contributed by atoms with Gasteiger partial charge in [0.25, 0.3) is 32.1 Å². The summed E-state index contributed by atoms with van der Waals surface area (Å²) in [4.78, 5) is 23.3. The highest BCUT2D eigenvalue weighted by molar-refractivity contribution is 7.86. The Kier molecular flexibility index (Phi) is 6.81. The highest BCUT2D eigenvalue weighted by Gasteiger charge is 2.22. The number of aromatic hydroxyl groups is 4. The van der Waals surface area contributed by atoms with E-state index in [1.165, 1.54) is 0 Å². The Balaban J connectivity index is 1.82. The smallest absolute Gasteiger partial charge is 0.298 e. The van der Waals surface area contributed by atoms with Gasteiger partial charge >= 0.3 is 0 Å². The minimum Gasteiger partial charge on any atom is -0.507 e. The molecule has 8 N–H and O–H groups in total. The number of rotatable bonds is 6. The average molecular weight is 540 g/mol. The molecular weight excluding hydrogens is 524 g/mol. The van der Waals surface area contributed by atoms with Gasteiger partial charge in [-0.15, -0.1) is 0 Å². The van der Waals surface area contributed by atoms with Crippen molar-refractivity contribution in [1.29, 1.82) is 0 Å². The van der Waals surface area contributed by atoms with Crippen LogP contribution in [0.1, 0.15) is 20.7 Å². The van der Waals surface area contributed by atoms with Crippen LogP contribution < -0.4 is 10.6 Å². The summed E-state index contributed by atoms with van der Waals surface area (Å²) in [5.41, 5.74) is -1.31. The van der Waals surface area contributed by atoms with Gasteiger partial charge in [-0.2, -0.15) is 16.8 Å². The van der Waals surface area contributed by atoms with Crippen LogP contribution in [-0.4, -0.2) is 58.2 Å². The molecule has 14 nitrogen and oxygen atoms in total. The minimum absolute atomic E-state index is 0.140. The Morgan fingerprint density at radius 1 is 0.556 bits per heavy atom. The van der Waals surface area contributed by atoms with Gasteiger partial charge in [0.1, 0.15) is 32.8 Å². The predicted octanol–water partition coefficient (Wildman–Crippen LogP) is 1.51. The molecule has 2 amide bonds. The molecule has 36 heavy (non-hydrogen) atoms. The number of carbonyl (C=O) groups excluding carboxylic acids is 2. The van der Waals surface area contributed by atoms with Gasteiger partial charge in [-0.05, 0) is 36.4 Å². The number of phenolic OH excluding ortho intramolecular Hbond substituents is 4. The first-order chi connectivity index (χ1) is 16.6. The number of carbonyl (C=O) groups is 2. The van der Waals surface area contributed by atoms with Crippen molar-refractivity contribution in [3.8, 4) is 23.0 Å². The molecule has 0 aromatic heterocycles. The summed E-state index contributed by atoms with van der Waals surface area (Å²) in [6, 6.07) is 6.78. The molecule has 0 unspecified atom stereocenters. The van der Waals surface area contributed by atoms with Gasteiger partial charge in [-0.3, -0.25) is 18.7 Å². The second-order valence-electron chi connectivity index (χ2n) is 7.11. The van der Waals surface area contributed by atoms with Crippen molar-refractivity contribution in [2.45, 2.75) is 9.79 Å². The molecule has 0 aliphatic rings. The lowest BCUT2D eigenvalue weighted by Crippen LogP contribution is -2.15. The number of hydrogen-bond donors (Lipinski definition) is 8. The summed E-state index contributed by atoms with van der Waals surface area (Å²) in [6.07, 6.45) is 0. The molecule has 0 atom stereocenters. The molecule has 0 aliphatic carbocycles. The molecule has 0 heterocycles. The molecule has 0 spiro atoms. The number of nitrogens with one attached hydrogen (secondary N) is 2. The Bertz CT molecular complexity index is 1490. The van der Waals surface area contributed by atoms with Gasteiger partial charge in [-0.1, -0.05) is 0 Å². The fourth-order valence-corrected chi connectivity index (χ4v) is 4.09. The maximum atomic E-state index is 12.5. The summed E-state index contributed by atoms with van der Waals surface area (Å²) in [5, 5.41) is 44.3. The monoisotopic (exact) mass is 540 g/mol. The number of amides is 2. The first kappa shape index (κ1) is 26.2. The second kappa shape index (κ2) is 9.34. The second-order valence-corrected chi connectivity index (χ2v) is 9.89. The molecule has 0 saturated heterocycles. The van der Waals surface area contributed by atoms with Crippen LogP contribution in [-0.2, 0) is 20.2 Å². The van der Waals surface area contributed by atoms with Crippen LogP contribution in [0.15, 0.2) is 58.3 Å². The van der Waals surface area contributed by atoms with E-state index in [2.05, 4.69) is 10.6 Å². The van der Waals surface area contributed by atoms with Crippen molar-refractivity contribution < 1.29 is 56.0 Å². The van der Waals surface area contributed by atoms with E-state index in [1.54, 1.807) is 0 Å². The molecule has 3 rings (SSSR count). The zero-order valence-electron chi connectivity index (χ0n) is 17.6. The van der Waals surface area contributed by atoms with Crippen molar-refractivity contribution in [3.63, 3.8) is 0 Å². The largest absolute Gasteiger partial charge is 0.507 e. The van der Waals surface area contributed by atoms with E-state index in [1.807, 2.05) is 0 Å². The molecular formula is C20H16N2O12S2. The molecule has 0 aliphatic heterocycles. The summed E-state index contributed by atoms with van der Waals surface area (Å²) in [5.74, 6) is -5.33. The van der Waals surface area contributed by atoms with Crippen LogP contribution in [0, 0.1) is 0 Å². The van der Waals surface area contributed by atoms with Gasteiger partial charge in [0.15, 0.2) is 0 Å². The third-order valence-corrected chi connectivity index (χ3v) is 6.39. The Hall–Kier alpha value is -4.38. The summed E-state index contributed by atoms with van der Waals surface area (Å²) in [7, 11) is -9.43. The topological polar surface area (TPSA) is 248 Å². The van der Waals surface area contributed by atoms with Gasteiger partial charge in [-0.25, -0.2) is 0 Å². The fraction of sp³-hybridized carbons (Fsp3) is 0. The summed E-state index contributed by atoms with van der Waals surface area (Å²) in [6.45, 7) is 0. The number of phenols is 4. The van der Waals surface area contributed by atoms with E-state index in [0.29, 0.717) is 0 Å². The molecule has 0 bridgehead atoms. The van der Waals surface area contributed by atoms with Crippen molar-refractivity contribution in [2.24, 2.45) is 0 Å². The summed E-state index contributed by atoms with van der Waals surface area (Å²) < 4.78 is 62.5. The van der Waals surface area contributed by atoms with E-state index in [0.717, 1.165) is 48.5 Å². The molecule has 190 valence electrons. The normalized spacial score (nSPS) is 11.6. The van der Waals surface area contributed by atoms with Crippen molar-refractivity contribution >= 4 is 43.4 Å². The number of anilines is 2. The van der Waals surface area contributed by atoms with Crippen LogP contribution in [0.3, 0.4) is 0 Å². The molecule has 16 heteroatoms. The fourth-order valence-electron chi connectivity index (χ4n) is 2.96. The van der Waals surface area contributed by atoms with Gasteiger partial charge in [0.2, 0.25) is 0 Å². The van der Waals surface area contributed by atoms with Crippen LogP contribution >= 0.6 is 0 Å². The zero-order chi connectivity index (χ0) is 27.0. The number of benzene rings is 3. The number of hydrogen-bond acceptors (Lipinski definition) is 10. The third kappa shape index (κ3) is 5.63. The van der Waals surface area contributed by atoms with E-state index in [4.69, 9.17) is 9.11 Å². The van der Waals surface area contributed by atoms with Crippen LogP contribution in [0.2, 0.25) is 0 Å². The maximum absolute atomic E-state index is 12.5. The predicted molar refractivity (Wildman–Crippen MR) is 122 cm³/mol. The van der Waals surface area contributed by atoms with E-state index < -0.39 is 76.0 Å². The SMILES string of the molecule is O=C(Nc1ccc(S(=O)(=O)O)c(O)c1)c1cc(O)c(C(=O)Nc2ccc(S(=O)(=O)O)c(O)c2)cc1O. The standard InChI is InChI=1S/C20H16N2O12S2/c23-13-8-12(20(28)22-10-2-4-18(16(26)6-10)36(32,33)34)14(24)7-11(13)19(27)21-9-1-3-17(15(25)5-9)35(29,30)31/h1-8,23-26H,(H,21,27)(H,22,28)(H,29,30,31)(H,32,33,34). The van der Waals surface area contributed by atoms with Crippen LogP contribution in [0.4, 0.5) is 11.4 Å². The molecule has 0 fully saturated rings. The highest BCUT2D eigenvalue weighted by atomic mass is 32.2. The van der Waals surface area contributed by atoms with Crippen molar-refractivity contribution in [3.05, 3.63) is 59.7 Å². The molecule has 3 aromatic rings. The van der Waals surface area contributed by atoms with Crippen molar-refractivity contribution in [1.82, 2.24) is 0 Å². The Morgan fingerprint density at radius 2 is 0.889 bits per heavy atom. The summed E-state index contributed by atoms with van der Waals surface area (Å²) >= 11 is 0. The lowest BCUT2D eigenvalue weighted by Gasteiger charge is -2.12. The quantitative estimate of drug-likeness (QED) is 0.164. The molecule has 0 saturated carbocycles. The van der Waals surface area contributed by atoms with Crippen molar-refractivity contribution in [2.75, 3.05) is 10.6 Å². The molecule has 0 radical (unpaired) electrons.